The zero-order chi connectivity index (χ0) is 16.2. The van der Waals surface area contributed by atoms with Crippen molar-refractivity contribution in [2.75, 3.05) is 6.61 Å². The van der Waals surface area contributed by atoms with E-state index in [-0.39, 0.29) is 19.0 Å². The van der Waals surface area contributed by atoms with Gasteiger partial charge in [0, 0.05) is 10.9 Å². The van der Waals surface area contributed by atoms with Crippen LogP contribution in [0.5, 0.6) is 0 Å². The van der Waals surface area contributed by atoms with Gasteiger partial charge in [0.15, 0.2) is 5.41 Å². The Hall–Kier alpha value is -2.30. The maximum Gasteiger partial charge on any atom is 0.306 e. The molecule has 0 aromatic heterocycles. The Morgan fingerprint density at radius 1 is 1.36 bits per heavy atom. The first-order valence-electron chi connectivity index (χ1n) is 7.02. The van der Waals surface area contributed by atoms with Crippen molar-refractivity contribution in [2.24, 2.45) is 11.3 Å². The number of carbonyl (C=O) groups is 1. The zero-order valence-electron chi connectivity index (χ0n) is 12.2. The summed E-state index contributed by atoms with van der Waals surface area (Å²) < 4.78 is 4.94. The fourth-order valence-electron chi connectivity index (χ4n) is 2.78. The van der Waals surface area contributed by atoms with E-state index in [4.69, 9.17) is 16.3 Å². The van der Waals surface area contributed by atoms with Crippen molar-refractivity contribution in [3.8, 4) is 12.1 Å². The number of ether oxygens (including phenoxy) is 1. The van der Waals surface area contributed by atoms with Crippen LogP contribution < -0.4 is 0 Å². The maximum atomic E-state index is 11.7. The van der Waals surface area contributed by atoms with Gasteiger partial charge < -0.3 is 4.74 Å². The van der Waals surface area contributed by atoms with Crippen LogP contribution in [0.15, 0.2) is 30.3 Å². The highest BCUT2D eigenvalue weighted by Crippen LogP contribution is 2.49. The quantitative estimate of drug-likeness (QED) is 0.794. The average molecular weight is 315 g/mol. The molecule has 0 fully saturated rings. The molecule has 2 rings (SSSR count). The van der Waals surface area contributed by atoms with E-state index in [0.29, 0.717) is 17.0 Å². The molecule has 0 amide bonds. The lowest BCUT2D eigenvalue weighted by molar-refractivity contribution is -0.144. The van der Waals surface area contributed by atoms with Crippen molar-refractivity contribution in [1.29, 1.82) is 10.5 Å². The number of hydrogen-bond donors (Lipinski definition) is 0. The summed E-state index contributed by atoms with van der Waals surface area (Å²) in [6, 6.07) is 11.2. The monoisotopic (exact) mass is 314 g/mol. The second-order valence-electron chi connectivity index (χ2n) is 5.10. The Labute approximate surface area is 134 Å². The Balaban J connectivity index is 2.33. The number of benzene rings is 1. The number of nitriles is 2. The number of esters is 1. The standard InChI is InChI=1S/C17H15ClN2O2/c1-2-22-16(21)9-13-5-8-15(17(13,10-19)11-20)12-3-6-14(18)7-4-12/h3-4,6-8,13H,2,5,9H2,1H3. The first-order valence-corrected chi connectivity index (χ1v) is 7.40. The summed E-state index contributed by atoms with van der Waals surface area (Å²) >= 11 is 5.88. The molecule has 0 spiro atoms. The van der Waals surface area contributed by atoms with E-state index in [0.717, 1.165) is 5.56 Å². The normalized spacial score (nSPS) is 18.9. The molecule has 1 atom stereocenters. The SMILES string of the molecule is CCOC(=O)CC1CC=C(c2ccc(Cl)cc2)C1(C#N)C#N. The number of carbonyl (C=O) groups excluding carboxylic acids is 1. The first kappa shape index (κ1) is 16.1. The highest BCUT2D eigenvalue weighted by Gasteiger charge is 2.48. The van der Waals surface area contributed by atoms with Gasteiger partial charge in [-0.1, -0.05) is 29.8 Å². The fraction of sp³-hybridized carbons (Fsp3) is 0.353. The molecule has 1 aliphatic rings. The Bertz CT molecular complexity index is 666. The van der Waals surface area contributed by atoms with Crippen LogP contribution in [0.2, 0.25) is 5.02 Å². The maximum absolute atomic E-state index is 11.7. The summed E-state index contributed by atoms with van der Waals surface area (Å²) in [5.41, 5.74) is 0.0861. The molecule has 1 unspecified atom stereocenters. The van der Waals surface area contributed by atoms with Gasteiger partial charge in [-0.2, -0.15) is 10.5 Å². The van der Waals surface area contributed by atoms with Crippen molar-refractivity contribution >= 4 is 23.1 Å². The van der Waals surface area contributed by atoms with Gasteiger partial charge in [-0.3, -0.25) is 4.79 Å². The summed E-state index contributed by atoms with van der Waals surface area (Å²) in [5, 5.41) is 19.8. The highest BCUT2D eigenvalue weighted by molar-refractivity contribution is 6.30. The molecule has 0 aliphatic heterocycles. The van der Waals surface area contributed by atoms with Gasteiger partial charge in [0.05, 0.1) is 25.2 Å². The second-order valence-corrected chi connectivity index (χ2v) is 5.53. The molecule has 1 aromatic rings. The Morgan fingerprint density at radius 2 is 2.00 bits per heavy atom. The molecule has 1 aliphatic carbocycles. The number of halogens is 1. The van der Waals surface area contributed by atoms with E-state index in [1.165, 1.54) is 0 Å². The van der Waals surface area contributed by atoms with Gasteiger partial charge in [0.1, 0.15) is 0 Å². The summed E-state index contributed by atoms with van der Waals surface area (Å²) in [6.07, 6.45) is 2.42. The summed E-state index contributed by atoms with van der Waals surface area (Å²) in [5.74, 6) is -0.777. The van der Waals surface area contributed by atoms with E-state index in [1.54, 1.807) is 31.2 Å². The van der Waals surface area contributed by atoms with E-state index in [1.807, 2.05) is 6.08 Å². The predicted molar refractivity (Wildman–Crippen MR) is 82.4 cm³/mol. The largest absolute Gasteiger partial charge is 0.466 e. The van der Waals surface area contributed by atoms with E-state index >= 15 is 0 Å². The molecule has 112 valence electrons. The van der Waals surface area contributed by atoms with Crippen LogP contribution in [0.3, 0.4) is 0 Å². The lowest BCUT2D eigenvalue weighted by atomic mass is 9.72. The van der Waals surface area contributed by atoms with Crippen LogP contribution >= 0.6 is 11.6 Å². The fourth-order valence-corrected chi connectivity index (χ4v) is 2.90. The average Bonchev–Trinajstić information content (AvgIpc) is 2.87. The third-order valence-electron chi connectivity index (χ3n) is 3.87. The van der Waals surface area contributed by atoms with Crippen LogP contribution in [0, 0.1) is 34.0 Å². The second kappa shape index (κ2) is 6.64. The molecule has 0 bridgehead atoms. The third-order valence-corrected chi connectivity index (χ3v) is 4.12. The summed E-state index contributed by atoms with van der Waals surface area (Å²) in [6.45, 7) is 2.01. The molecule has 0 radical (unpaired) electrons. The molecule has 22 heavy (non-hydrogen) atoms. The van der Waals surface area contributed by atoms with Crippen molar-refractivity contribution in [2.45, 2.75) is 19.8 Å². The van der Waals surface area contributed by atoms with Gasteiger partial charge in [0.25, 0.3) is 0 Å². The van der Waals surface area contributed by atoms with Crippen molar-refractivity contribution in [3.05, 3.63) is 40.9 Å². The molecule has 0 saturated carbocycles. The number of rotatable bonds is 4. The van der Waals surface area contributed by atoms with Crippen molar-refractivity contribution in [3.63, 3.8) is 0 Å². The zero-order valence-corrected chi connectivity index (χ0v) is 12.9. The van der Waals surface area contributed by atoms with Crippen LogP contribution in [-0.2, 0) is 9.53 Å². The lowest BCUT2D eigenvalue weighted by Gasteiger charge is -2.24. The van der Waals surface area contributed by atoms with Crippen LogP contribution in [0.4, 0.5) is 0 Å². The van der Waals surface area contributed by atoms with Crippen LogP contribution in [-0.4, -0.2) is 12.6 Å². The molecule has 0 N–H and O–H groups in total. The van der Waals surface area contributed by atoms with E-state index in [9.17, 15) is 15.3 Å². The molecular formula is C17H15ClN2O2. The van der Waals surface area contributed by atoms with E-state index < -0.39 is 11.3 Å². The van der Waals surface area contributed by atoms with Gasteiger partial charge in [-0.25, -0.2) is 0 Å². The summed E-state index contributed by atoms with van der Waals surface area (Å²) in [7, 11) is 0. The number of nitrogens with zero attached hydrogens (tertiary/aromatic N) is 2. The lowest BCUT2D eigenvalue weighted by Crippen LogP contribution is -2.27. The van der Waals surface area contributed by atoms with Gasteiger partial charge in [-0.15, -0.1) is 0 Å². The van der Waals surface area contributed by atoms with Gasteiger partial charge in [0.2, 0.25) is 0 Å². The Kier molecular flexibility index (Phi) is 4.85. The first-order chi connectivity index (χ1) is 10.6. The molecular weight excluding hydrogens is 300 g/mol. The predicted octanol–water partition coefficient (Wildman–Crippen LogP) is 3.73. The summed E-state index contributed by atoms with van der Waals surface area (Å²) in [4.78, 5) is 11.7. The molecule has 1 aromatic carbocycles. The minimum absolute atomic E-state index is 0.0581. The molecule has 4 nitrogen and oxygen atoms in total. The van der Waals surface area contributed by atoms with Gasteiger partial charge in [-0.05, 0) is 36.6 Å². The topological polar surface area (TPSA) is 73.9 Å². The smallest absolute Gasteiger partial charge is 0.306 e. The van der Waals surface area contributed by atoms with Crippen molar-refractivity contribution in [1.82, 2.24) is 0 Å². The Morgan fingerprint density at radius 3 is 2.55 bits per heavy atom. The van der Waals surface area contributed by atoms with Crippen molar-refractivity contribution < 1.29 is 9.53 Å². The number of allylic oxidation sites excluding steroid dienone is 2. The highest BCUT2D eigenvalue weighted by atomic mass is 35.5. The molecule has 0 saturated heterocycles. The molecule has 5 heteroatoms. The third kappa shape index (κ3) is 2.84. The minimum Gasteiger partial charge on any atom is -0.466 e. The molecule has 0 heterocycles. The van der Waals surface area contributed by atoms with Crippen LogP contribution in [0.1, 0.15) is 25.3 Å². The van der Waals surface area contributed by atoms with Crippen LogP contribution in [0.25, 0.3) is 5.57 Å². The van der Waals surface area contributed by atoms with E-state index in [2.05, 4.69) is 12.1 Å². The van der Waals surface area contributed by atoms with Gasteiger partial charge >= 0.3 is 5.97 Å². The number of hydrogen-bond acceptors (Lipinski definition) is 4. The minimum atomic E-state index is -1.33.